The predicted octanol–water partition coefficient (Wildman–Crippen LogP) is 2.01. The maximum Gasteiger partial charge on any atom is 0.309 e. The Morgan fingerprint density at radius 3 is 2.50 bits per heavy atom. The van der Waals surface area contributed by atoms with Crippen molar-refractivity contribution in [2.24, 2.45) is 17.3 Å². The second kappa shape index (κ2) is 2.92. The van der Waals surface area contributed by atoms with Gasteiger partial charge in [-0.25, -0.2) is 0 Å². The summed E-state index contributed by atoms with van der Waals surface area (Å²) in [4.78, 5) is 11.2. The summed E-state index contributed by atoms with van der Waals surface area (Å²) in [5.74, 6) is 0.358. The number of allylic oxidation sites excluding steroid dienone is 2. The highest BCUT2D eigenvalue weighted by molar-refractivity contribution is 5.78. The van der Waals surface area contributed by atoms with E-state index < -0.39 is 0 Å². The van der Waals surface area contributed by atoms with Gasteiger partial charge in [-0.1, -0.05) is 26.0 Å². The van der Waals surface area contributed by atoms with Crippen LogP contribution in [0.25, 0.3) is 0 Å². The van der Waals surface area contributed by atoms with Crippen molar-refractivity contribution in [3.63, 3.8) is 0 Å². The first-order chi connectivity index (χ1) is 5.55. The third-order valence-electron chi connectivity index (χ3n) is 2.77. The fraction of sp³-hybridized carbons (Fsp3) is 0.700. The molecular formula is C10H16O2. The zero-order chi connectivity index (χ0) is 9.35. The van der Waals surface area contributed by atoms with Crippen molar-refractivity contribution in [2.45, 2.75) is 20.8 Å². The minimum atomic E-state index is -0.0805. The van der Waals surface area contributed by atoms with E-state index in [1.807, 2.05) is 13.0 Å². The van der Waals surface area contributed by atoms with Crippen molar-refractivity contribution < 1.29 is 9.53 Å². The van der Waals surface area contributed by atoms with Gasteiger partial charge in [0.25, 0.3) is 0 Å². The van der Waals surface area contributed by atoms with Crippen LogP contribution in [0, 0.1) is 17.3 Å². The molecule has 0 aromatic rings. The zero-order valence-corrected chi connectivity index (χ0v) is 8.13. The molecule has 1 fully saturated rings. The summed E-state index contributed by atoms with van der Waals surface area (Å²) < 4.78 is 4.71. The van der Waals surface area contributed by atoms with Crippen molar-refractivity contribution in [1.29, 1.82) is 0 Å². The molecule has 1 aliphatic carbocycles. The standard InChI is InChI=1S/C10H16O2/c1-5-6-7-8(9(11)12-4)10(7,2)3/h5-8H,1-4H3/b6-5-/t7-,8-/m1/s1. The Labute approximate surface area is 73.6 Å². The zero-order valence-electron chi connectivity index (χ0n) is 8.13. The third-order valence-corrected chi connectivity index (χ3v) is 2.77. The van der Waals surface area contributed by atoms with Crippen LogP contribution in [0.2, 0.25) is 0 Å². The number of carbonyl (C=O) groups is 1. The molecule has 0 saturated heterocycles. The third kappa shape index (κ3) is 1.26. The molecule has 0 bridgehead atoms. The van der Waals surface area contributed by atoms with Crippen molar-refractivity contribution >= 4 is 5.97 Å². The Morgan fingerprint density at radius 2 is 2.08 bits per heavy atom. The van der Waals surface area contributed by atoms with Crippen molar-refractivity contribution in [2.75, 3.05) is 7.11 Å². The molecule has 0 unspecified atom stereocenters. The Morgan fingerprint density at radius 1 is 1.50 bits per heavy atom. The smallest absolute Gasteiger partial charge is 0.309 e. The molecular weight excluding hydrogens is 152 g/mol. The van der Waals surface area contributed by atoms with Crippen molar-refractivity contribution in [3.05, 3.63) is 12.2 Å². The number of rotatable bonds is 2. The SMILES string of the molecule is C/C=C\[C@@H]1[C@H](C(=O)OC)C1(C)C. The second-order valence-corrected chi connectivity index (χ2v) is 3.87. The lowest BCUT2D eigenvalue weighted by Gasteiger charge is -1.98. The van der Waals surface area contributed by atoms with Crippen LogP contribution in [0.15, 0.2) is 12.2 Å². The summed E-state index contributed by atoms with van der Waals surface area (Å²) in [6.45, 7) is 6.17. The molecule has 0 aliphatic heterocycles. The predicted molar refractivity (Wildman–Crippen MR) is 47.6 cm³/mol. The minimum Gasteiger partial charge on any atom is -0.469 e. The topological polar surface area (TPSA) is 26.3 Å². The van der Waals surface area contributed by atoms with Gasteiger partial charge in [0.2, 0.25) is 0 Å². The van der Waals surface area contributed by atoms with E-state index >= 15 is 0 Å². The van der Waals surface area contributed by atoms with Crippen LogP contribution in [-0.4, -0.2) is 13.1 Å². The average molecular weight is 168 g/mol. The van der Waals surface area contributed by atoms with E-state index in [9.17, 15) is 4.79 Å². The summed E-state index contributed by atoms with van der Waals surface area (Å²) in [5, 5.41) is 0. The summed E-state index contributed by atoms with van der Waals surface area (Å²) in [7, 11) is 1.45. The highest BCUT2D eigenvalue weighted by atomic mass is 16.5. The van der Waals surface area contributed by atoms with Crippen molar-refractivity contribution in [1.82, 2.24) is 0 Å². The van der Waals surface area contributed by atoms with Crippen LogP contribution in [0.3, 0.4) is 0 Å². The number of hydrogen-bond acceptors (Lipinski definition) is 2. The Bertz CT molecular complexity index is 216. The quantitative estimate of drug-likeness (QED) is 0.465. The molecule has 0 amide bonds. The molecule has 2 heteroatoms. The number of esters is 1. The summed E-state index contributed by atoms with van der Waals surface area (Å²) >= 11 is 0. The largest absolute Gasteiger partial charge is 0.469 e. The Kier molecular flexibility index (Phi) is 2.27. The summed E-state index contributed by atoms with van der Waals surface area (Å²) in [5.41, 5.74) is 0.0968. The van der Waals surface area contributed by atoms with E-state index in [-0.39, 0.29) is 17.3 Å². The molecule has 0 heterocycles. The minimum absolute atomic E-state index is 0.0682. The van der Waals surface area contributed by atoms with Crippen LogP contribution in [0.4, 0.5) is 0 Å². The van der Waals surface area contributed by atoms with Crippen LogP contribution < -0.4 is 0 Å². The molecule has 0 N–H and O–H groups in total. The average Bonchev–Trinajstić information content (AvgIpc) is 2.53. The number of hydrogen-bond donors (Lipinski definition) is 0. The first kappa shape index (κ1) is 9.30. The van der Waals surface area contributed by atoms with Gasteiger partial charge < -0.3 is 4.74 Å². The van der Waals surface area contributed by atoms with Gasteiger partial charge in [0.1, 0.15) is 0 Å². The van der Waals surface area contributed by atoms with E-state index in [0.29, 0.717) is 5.92 Å². The van der Waals surface area contributed by atoms with Gasteiger partial charge in [-0.2, -0.15) is 0 Å². The van der Waals surface area contributed by atoms with Gasteiger partial charge in [-0.3, -0.25) is 4.79 Å². The lowest BCUT2D eigenvalue weighted by Crippen LogP contribution is -2.07. The molecule has 0 spiro atoms. The first-order valence-electron chi connectivity index (χ1n) is 4.26. The normalized spacial score (nSPS) is 32.0. The van der Waals surface area contributed by atoms with Crippen LogP contribution >= 0.6 is 0 Å². The lowest BCUT2D eigenvalue weighted by atomic mass is 10.1. The molecule has 1 saturated carbocycles. The highest BCUT2D eigenvalue weighted by Gasteiger charge is 2.60. The number of carbonyl (C=O) groups excluding carboxylic acids is 1. The first-order valence-corrected chi connectivity index (χ1v) is 4.26. The molecule has 12 heavy (non-hydrogen) atoms. The van der Waals surface area contributed by atoms with Gasteiger partial charge in [0, 0.05) is 0 Å². The molecule has 1 aliphatic rings. The maximum atomic E-state index is 11.2. The van der Waals surface area contributed by atoms with Gasteiger partial charge in [0.15, 0.2) is 0 Å². The molecule has 2 atom stereocenters. The van der Waals surface area contributed by atoms with Gasteiger partial charge in [0.05, 0.1) is 13.0 Å². The van der Waals surface area contributed by atoms with Crippen LogP contribution in [0.1, 0.15) is 20.8 Å². The van der Waals surface area contributed by atoms with E-state index in [1.165, 1.54) is 7.11 Å². The molecule has 68 valence electrons. The molecule has 0 aromatic carbocycles. The Hall–Kier alpha value is -0.790. The maximum absolute atomic E-state index is 11.2. The Balaban J connectivity index is 2.66. The number of methoxy groups -OCH3 is 1. The van der Waals surface area contributed by atoms with Gasteiger partial charge in [-0.15, -0.1) is 0 Å². The molecule has 2 nitrogen and oxygen atoms in total. The van der Waals surface area contributed by atoms with E-state index in [1.54, 1.807) is 0 Å². The monoisotopic (exact) mass is 168 g/mol. The van der Waals surface area contributed by atoms with E-state index in [2.05, 4.69) is 19.9 Å². The molecule has 1 rings (SSSR count). The molecule has 0 radical (unpaired) electrons. The lowest BCUT2D eigenvalue weighted by molar-refractivity contribution is -0.143. The highest BCUT2D eigenvalue weighted by Crippen LogP contribution is 2.59. The summed E-state index contributed by atoms with van der Waals surface area (Å²) in [6.07, 6.45) is 4.08. The second-order valence-electron chi connectivity index (χ2n) is 3.87. The number of ether oxygens (including phenoxy) is 1. The van der Waals surface area contributed by atoms with Crippen LogP contribution in [0.5, 0.6) is 0 Å². The van der Waals surface area contributed by atoms with Crippen molar-refractivity contribution in [3.8, 4) is 0 Å². The fourth-order valence-corrected chi connectivity index (χ4v) is 1.82. The fourth-order valence-electron chi connectivity index (χ4n) is 1.82. The van der Waals surface area contributed by atoms with E-state index in [4.69, 9.17) is 4.74 Å². The molecule has 0 aromatic heterocycles. The van der Waals surface area contributed by atoms with Gasteiger partial charge >= 0.3 is 5.97 Å². The van der Waals surface area contributed by atoms with E-state index in [0.717, 1.165) is 0 Å². The van der Waals surface area contributed by atoms with Crippen LogP contribution in [-0.2, 0) is 9.53 Å². The summed E-state index contributed by atoms with van der Waals surface area (Å²) in [6, 6.07) is 0. The van der Waals surface area contributed by atoms with Gasteiger partial charge in [-0.05, 0) is 18.3 Å².